The third-order valence-electron chi connectivity index (χ3n) is 3.96. The van der Waals surface area contributed by atoms with Gasteiger partial charge in [0, 0.05) is 20.4 Å². The van der Waals surface area contributed by atoms with Gasteiger partial charge >= 0.3 is 24.2 Å². The first-order valence-electron chi connectivity index (χ1n) is 7.80. The number of nitrogens with two attached hydrogens (primary N) is 1. The molecule has 0 aliphatic heterocycles. The van der Waals surface area contributed by atoms with E-state index in [-0.39, 0.29) is 17.3 Å². The second-order valence-corrected chi connectivity index (χ2v) is 7.27. The van der Waals surface area contributed by atoms with Gasteiger partial charge in [0.25, 0.3) is 5.91 Å². The summed E-state index contributed by atoms with van der Waals surface area (Å²) in [7, 11) is 0. The Kier molecular flexibility index (Phi) is 6.47. The van der Waals surface area contributed by atoms with Crippen LogP contribution in [0, 0.1) is 3.57 Å². The molecule has 0 spiro atoms. The van der Waals surface area contributed by atoms with Gasteiger partial charge in [0.05, 0.1) is 11.3 Å². The fourth-order valence-corrected chi connectivity index (χ4v) is 3.27. The van der Waals surface area contributed by atoms with Crippen molar-refractivity contribution in [3.05, 3.63) is 56.7 Å². The Morgan fingerprint density at radius 1 is 0.871 bits per heavy atom. The van der Waals surface area contributed by atoms with E-state index >= 15 is 0 Å². The molecule has 14 heteroatoms. The number of alkyl halides is 10. The maximum Gasteiger partial charge on any atom is 0.435 e. The van der Waals surface area contributed by atoms with Crippen molar-refractivity contribution in [1.29, 1.82) is 0 Å². The second kappa shape index (κ2) is 8.02. The molecule has 0 fully saturated rings. The number of carbonyl (C=O) groups is 1. The van der Waals surface area contributed by atoms with E-state index in [0.29, 0.717) is 0 Å². The van der Waals surface area contributed by atoms with Gasteiger partial charge < -0.3 is 11.1 Å². The van der Waals surface area contributed by atoms with Crippen LogP contribution in [0.2, 0.25) is 0 Å². The van der Waals surface area contributed by atoms with Crippen LogP contribution in [0.4, 0.5) is 55.3 Å². The molecule has 2 aromatic rings. The summed E-state index contributed by atoms with van der Waals surface area (Å²) in [5.41, 5.74) is -6.36. The van der Waals surface area contributed by atoms with Crippen molar-refractivity contribution >= 4 is 39.9 Å². The summed E-state index contributed by atoms with van der Waals surface area (Å²) in [6.45, 7) is 0. The molecule has 2 rings (SSSR count). The zero-order valence-electron chi connectivity index (χ0n) is 14.6. The molecule has 2 aromatic carbocycles. The van der Waals surface area contributed by atoms with Gasteiger partial charge in [-0.3, -0.25) is 4.79 Å². The Hall–Kier alpha value is -2.26. The number of hydrogen-bond acceptors (Lipinski definition) is 2. The molecule has 0 aliphatic carbocycles. The molecule has 1 amide bonds. The minimum absolute atomic E-state index is 0.0614. The molecule has 31 heavy (non-hydrogen) atoms. The lowest BCUT2D eigenvalue weighted by Gasteiger charge is -2.31. The van der Waals surface area contributed by atoms with Crippen LogP contribution >= 0.6 is 22.6 Å². The van der Waals surface area contributed by atoms with Gasteiger partial charge in [-0.05, 0) is 52.9 Å². The van der Waals surface area contributed by atoms with E-state index in [9.17, 15) is 48.7 Å². The Labute approximate surface area is 180 Å². The molecule has 170 valence electrons. The first-order chi connectivity index (χ1) is 13.9. The number of rotatable bonds is 3. The molecule has 0 radical (unpaired) electrons. The van der Waals surface area contributed by atoms with Gasteiger partial charge in [-0.15, -0.1) is 0 Å². The van der Waals surface area contributed by atoms with Gasteiger partial charge in [0.1, 0.15) is 0 Å². The highest BCUT2D eigenvalue weighted by atomic mass is 127. The standard InChI is InChI=1S/C17H9F10IN2O/c18-14(16(22,23)24,17(25,26)27)8-5-10(15(19,20)21)12(11(28)6-8)30-13(31)7-2-1-3-9(29)4-7/h1-6H,29H2,(H,30,31). The van der Waals surface area contributed by atoms with E-state index in [1.165, 1.54) is 12.1 Å². The Morgan fingerprint density at radius 2 is 1.42 bits per heavy atom. The zero-order valence-corrected chi connectivity index (χ0v) is 16.8. The number of nitrogens with one attached hydrogen (secondary N) is 1. The van der Waals surface area contributed by atoms with Crippen LogP contribution in [0.25, 0.3) is 0 Å². The summed E-state index contributed by atoms with van der Waals surface area (Å²) in [4.78, 5) is 12.2. The third-order valence-corrected chi connectivity index (χ3v) is 4.81. The molecule has 0 aliphatic rings. The highest BCUT2D eigenvalue weighted by molar-refractivity contribution is 14.1. The average Bonchev–Trinajstić information content (AvgIpc) is 2.59. The smallest absolute Gasteiger partial charge is 0.399 e. The van der Waals surface area contributed by atoms with Crippen molar-refractivity contribution in [1.82, 2.24) is 0 Å². The third kappa shape index (κ3) is 4.82. The highest BCUT2D eigenvalue weighted by Crippen LogP contribution is 2.54. The molecule has 0 bridgehead atoms. The van der Waals surface area contributed by atoms with Crippen LogP contribution in [0.5, 0.6) is 0 Å². The van der Waals surface area contributed by atoms with Gasteiger partial charge in [-0.2, -0.15) is 39.5 Å². The SMILES string of the molecule is Nc1cccc(C(=O)Nc2c(I)cc(C(F)(C(F)(F)F)C(F)(F)F)cc2C(F)(F)F)c1. The molecule has 0 aromatic heterocycles. The molecular weight excluding hydrogens is 565 g/mol. The van der Waals surface area contributed by atoms with Gasteiger partial charge in [0.2, 0.25) is 0 Å². The molecule has 3 nitrogen and oxygen atoms in total. The Balaban J connectivity index is 2.70. The van der Waals surface area contributed by atoms with E-state index in [4.69, 9.17) is 5.73 Å². The largest absolute Gasteiger partial charge is 0.435 e. The van der Waals surface area contributed by atoms with Crippen molar-refractivity contribution in [3.8, 4) is 0 Å². The fourth-order valence-electron chi connectivity index (χ4n) is 2.51. The minimum atomic E-state index is -6.61. The highest BCUT2D eigenvalue weighted by Gasteiger charge is 2.73. The molecule has 0 saturated carbocycles. The topological polar surface area (TPSA) is 55.1 Å². The van der Waals surface area contributed by atoms with Gasteiger partial charge in [0.15, 0.2) is 0 Å². The van der Waals surface area contributed by atoms with E-state index in [1.807, 2.05) is 0 Å². The zero-order chi connectivity index (χ0) is 24.0. The van der Waals surface area contributed by atoms with Crippen LogP contribution < -0.4 is 11.1 Å². The summed E-state index contributed by atoms with van der Waals surface area (Å²) >= 11 is 0.967. The lowest BCUT2D eigenvalue weighted by Crippen LogP contribution is -2.50. The van der Waals surface area contributed by atoms with E-state index in [2.05, 4.69) is 0 Å². The lowest BCUT2D eigenvalue weighted by atomic mass is 9.92. The first kappa shape index (κ1) is 25.0. The lowest BCUT2D eigenvalue weighted by molar-refractivity contribution is -0.348. The predicted octanol–water partition coefficient (Wildman–Crippen LogP) is 6.43. The van der Waals surface area contributed by atoms with Gasteiger partial charge in [-0.1, -0.05) is 6.07 Å². The summed E-state index contributed by atoms with van der Waals surface area (Å²) < 4.78 is 131. The van der Waals surface area contributed by atoms with Crippen molar-refractivity contribution in [2.75, 3.05) is 11.1 Å². The Morgan fingerprint density at radius 3 is 1.87 bits per heavy atom. The number of amides is 1. The first-order valence-corrected chi connectivity index (χ1v) is 8.88. The van der Waals surface area contributed by atoms with E-state index in [0.717, 1.165) is 34.7 Å². The molecular formula is C17H9F10IN2O. The summed E-state index contributed by atoms with van der Waals surface area (Å²) in [5.74, 6) is -1.18. The maximum atomic E-state index is 14.3. The van der Waals surface area contributed by atoms with Gasteiger partial charge in [-0.25, -0.2) is 4.39 Å². The molecule has 0 atom stereocenters. The number of anilines is 2. The number of hydrogen-bond donors (Lipinski definition) is 2. The van der Waals surface area contributed by atoms with Crippen molar-refractivity contribution < 1.29 is 48.7 Å². The normalized spacial score (nSPS) is 13.3. The molecule has 3 N–H and O–H groups in total. The maximum absolute atomic E-state index is 14.3. The second-order valence-electron chi connectivity index (χ2n) is 6.11. The van der Waals surface area contributed by atoms with Crippen molar-refractivity contribution in [2.45, 2.75) is 24.2 Å². The summed E-state index contributed by atoms with van der Waals surface area (Å²) in [6, 6.07) is 4.17. The molecule has 0 unspecified atom stereocenters. The van der Waals surface area contributed by atoms with Crippen LogP contribution in [-0.4, -0.2) is 18.3 Å². The van der Waals surface area contributed by atoms with Crippen LogP contribution in [0.1, 0.15) is 21.5 Å². The number of halogens is 11. The number of nitrogen functional groups attached to an aromatic ring is 1. The van der Waals surface area contributed by atoms with E-state index in [1.54, 1.807) is 5.32 Å². The number of carbonyl (C=O) groups excluding carboxylic acids is 1. The Bertz CT molecular complexity index is 984. The van der Waals surface area contributed by atoms with Crippen LogP contribution in [0.3, 0.4) is 0 Å². The predicted molar refractivity (Wildman–Crippen MR) is 97.9 cm³/mol. The fraction of sp³-hybridized carbons (Fsp3) is 0.235. The summed E-state index contributed by atoms with van der Waals surface area (Å²) in [6.07, 6.45) is -18.8. The van der Waals surface area contributed by atoms with Crippen LogP contribution in [-0.2, 0) is 11.8 Å². The molecule has 0 saturated heterocycles. The van der Waals surface area contributed by atoms with Crippen LogP contribution in [0.15, 0.2) is 36.4 Å². The quantitative estimate of drug-likeness (QED) is 0.252. The van der Waals surface area contributed by atoms with Crippen molar-refractivity contribution in [3.63, 3.8) is 0 Å². The number of benzene rings is 2. The van der Waals surface area contributed by atoms with Crippen molar-refractivity contribution in [2.24, 2.45) is 0 Å². The summed E-state index contributed by atoms with van der Waals surface area (Å²) in [5, 5.41) is 1.78. The van der Waals surface area contributed by atoms with E-state index < -0.39 is 56.6 Å². The minimum Gasteiger partial charge on any atom is -0.399 e. The molecule has 0 heterocycles. The average molecular weight is 574 g/mol. The monoisotopic (exact) mass is 574 g/mol.